The fourth-order valence-corrected chi connectivity index (χ4v) is 8.22. The number of nitrogens with zero attached hydrogens (tertiary/aromatic N) is 3. The van der Waals surface area contributed by atoms with E-state index in [0.29, 0.717) is 34.5 Å². The molecular weight excluding hydrogens is 618 g/mol. The maximum absolute atomic E-state index is 13.3. The van der Waals surface area contributed by atoms with Crippen LogP contribution in [0.5, 0.6) is 11.5 Å². The maximum atomic E-state index is 13.3. The van der Waals surface area contributed by atoms with Crippen molar-refractivity contribution in [2.24, 2.45) is 16.6 Å². The highest BCUT2D eigenvalue weighted by Gasteiger charge is 2.64. The number of carbonyl (C=O) groups excluding carboxylic acids is 2. The second-order valence-corrected chi connectivity index (χ2v) is 14.6. The second kappa shape index (κ2) is 14.8. The van der Waals surface area contributed by atoms with Gasteiger partial charge in [0.2, 0.25) is 5.91 Å². The number of hydrogen-bond acceptors (Lipinski definition) is 8. The van der Waals surface area contributed by atoms with E-state index in [-0.39, 0.29) is 41.6 Å². The lowest BCUT2D eigenvalue weighted by molar-refractivity contribution is -0.164. The first kappa shape index (κ1) is 35.0. The van der Waals surface area contributed by atoms with Gasteiger partial charge in [-0.3, -0.25) is 19.4 Å². The van der Waals surface area contributed by atoms with Crippen molar-refractivity contribution in [2.45, 2.75) is 77.7 Å². The molecule has 2 aromatic rings. The highest BCUT2D eigenvalue weighted by Crippen LogP contribution is 2.55. The summed E-state index contributed by atoms with van der Waals surface area (Å²) in [7, 11) is 0. The third-order valence-electron chi connectivity index (χ3n) is 10.2. The zero-order chi connectivity index (χ0) is 33.8. The van der Waals surface area contributed by atoms with E-state index in [2.05, 4.69) is 48.9 Å². The summed E-state index contributed by atoms with van der Waals surface area (Å²) in [5.74, 6) is 0.785. The summed E-state index contributed by atoms with van der Waals surface area (Å²) in [5, 5.41) is 12.8. The lowest BCUT2D eigenvalue weighted by Gasteiger charge is -2.63. The van der Waals surface area contributed by atoms with Crippen molar-refractivity contribution in [1.82, 2.24) is 15.1 Å². The molecule has 3 fully saturated rings. The Balaban J connectivity index is 1.06. The molecular formula is C36H48ClN5O5. The molecule has 1 saturated heterocycles. The Morgan fingerprint density at radius 3 is 2.30 bits per heavy atom. The number of hydrogen-bond donors (Lipinski definition) is 2. The second-order valence-electron chi connectivity index (χ2n) is 14.2. The lowest BCUT2D eigenvalue weighted by atomic mass is 9.49. The molecule has 254 valence electrons. The summed E-state index contributed by atoms with van der Waals surface area (Å²) in [4.78, 5) is 29.4. The predicted molar refractivity (Wildman–Crippen MR) is 181 cm³/mol. The van der Waals surface area contributed by atoms with Crippen LogP contribution in [-0.4, -0.2) is 91.8 Å². The van der Waals surface area contributed by atoms with Crippen LogP contribution in [0.1, 0.15) is 69.3 Å². The number of amides is 2. The minimum Gasteiger partial charge on any atom is -0.492 e. The largest absolute Gasteiger partial charge is 0.492 e. The Labute approximate surface area is 283 Å². The van der Waals surface area contributed by atoms with Gasteiger partial charge >= 0.3 is 0 Å². The molecule has 1 aliphatic heterocycles. The third-order valence-corrected chi connectivity index (χ3v) is 10.5. The van der Waals surface area contributed by atoms with Gasteiger partial charge in [0.05, 0.1) is 16.7 Å². The van der Waals surface area contributed by atoms with E-state index in [4.69, 9.17) is 36.8 Å². The Morgan fingerprint density at radius 2 is 1.66 bits per heavy atom. The number of benzene rings is 2. The molecule has 10 nitrogen and oxygen atoms in total. The summed E-state index contributed by atoms with van der Waals surface area (Å²) < 4.78 is 18.2. The summed E-state index contributed by atoms with van der Waals surface area (Å²) in [5.41, 5.74) is 5.60. The molecule has 2 saturated carbocycles. The van der Waals surface area contributed by atoms with Gasteiger partial charge in [-0.1, -0.05) is 52.1 Å². The monoisotopic (exact) mass is 665 g/mol. The van der Waals surface area contributed by atoms with Gasteiger partial charge in [-0.25, -0.2) is 0 Å². The zero-order valence-corrected chi connectivity index (χ0v) is 28.7. The summed E-state index contributed by atoms with van der Waals surface area (Å²) in [6.45, 7) is 13.6. The molecule has 2 aromatic carbocycles. The van der Waals surface area contributed by atoms with Crippen LogP contribution in [-0.2, 0) is 9.53 Å². The number of rotatable bonds is 12. The zero-order valence-electron chi connectivity index (χ0n) is 28.0. The molecule has 5 rings (SSSR count). The van der Waals surface area contributed by atoms with Crippen molar-refractivity contribution >= 4 is 23.4 Å². The molecule has 0 aromatic heterocycles. The van der Waals surface area contributed by atoms with Gasteiger partial charge in [0, 0.05) is 67.3 Å². The summed E-state index contributed by atoms with van der Waals surface area (Å²) in [6.07, 6.45) is 4.31. The number of nitriles is 1. The average molecular weight is 666 g/mol. The van der Waals surface area contributed by atoms with Gasteiger partial charge in [0.15, 0.2) is 0 Å². The van der Waals surface area contributed by atoms with Crippen LogP contribution in [0.2, 0.25) is 5.02 Å². The molecule has 2 atom stereocenters. The van der Waals surface area contributed by atoms with Crippen LogP contribution >= 0.6 is 11.6 Å². The van der Waals surface area contributed by atoms with Crippen molar-refractivity contribution in [3.05, 3.63) is 58.6 Å². The van der Waals surface area contributed by atoms with Gasteiger partial charge in [-0.2, -0.15) is 5.26 Å². The fraction of sp³-hybridized carbons (Fsp3) is 0.583. The molecule has 0 spiro atoms. The predicted octanol–water partition coefficient (Wildman–Crippen LogP) is 4.63. The molecule has 3 N–H and O–H groups in total. The molecule has 11 heteroatoms. The van der Waals surface area contributed by atoms with E-state index in [1.807, 2.05) is 12.1 Å². The van der Waals surface area contributed by atoms with Gasteiger partial charge < -0.3 is 25.3 Å². The minimum atomic E-state index is -0.410. The SMILES string of the molecule is CC1(C)C(NC(=O)c2ccc(OCCN3CCN([C@@H]4CCCC[C@H]4OCC(N)=O)CC3)cc2)C(C)(C)C1Oc1ccc(C#N)c(Cl)c1. The first-order valence-electron chi connectivity index (χ1n) is 16.7. The van der Waals surface area contributed by atoms with Crippen molar-refractivity contribution < 1.29 is 23.8 Å². The standard InChI is InChI=1S/C36H48ClN5O5/c1-35(2)33(36(3,4)34(35)47-27-14-11-25(22-38)28(37)21-27)40-32(44)24-9-12-26(13-10-24)45-20-19-41-15-17-42(18-16-41)29-7-5-6-8-30(29)46-23-31(39)43/h9-14,21,29-30,33-34H,5-8,15-20,23H2,1-4H3,(H2,39,43)(H,40,44)/t29-,30-,33?,34?/m1/s1. The Hall–Kier alpha value is -3.36. The molecule has 2 aliphatic carbocycles. The van der Waals surface area contributed by atoms with Crippen LogP contribution in [0.3, 0.4) is 0 Å². The first-order chi connectivity index (χ1) is 22.4. The smallest absolute Gasteiger partial charge is 0.251 e. The summed E-state index contributed by atoms with van der Waals surface area (Å²) in [6, 6.07) is 14.7. The van der Waals surface area contributed by atoms with E-state index < -0.39 is 5.91 Å². The molecule has 2 amide bonds. The van der Waals surface area contributed by atoms with Gasteiger partial charge in [0.25, 0.3) is 5.91 Å². The Bertz CT molecular complexity index is 1430. The molecule has 0 radical (unpaired) electrons. The fourth-order valence-electron chi connectivity index (χ4n) is 8.00. The third kappa shape index (κ3) is 8.03. The number of nitrogens with two attached hydrogens (primary N) is 1. The molecule has 3 aliphatic rings. The van der Waals surface area contributed by atoms with Crippen LogP contribution in [0, 0.1) is 22.2 Å². The quantitative estimate of drug-likeness (QED) is 0.336. The Morgan fingerprint density at radius 1 is 1.00 bits per heavy atom. The van der Waals surface area contributed by atoms with Gasteiger partial charge in [-0.15, -0.1) is 0 Å². The highest BCUT2D eigenvalue weighted by molar-refractivity contribution is 6.31. The van der Waals surface area contributed by atoms with E-state index in [1.54, 1.807) is 30.3 Å². The van der Waals surface area contributed by atoms with E-state index in [1.165, 1.54) is 6.42 Å². The van der Waals surface area contributed by atoms with Crippen molar-refractivity contribution in [1.29, 1.82) is 5.26 Å². The van der Waals surface area contributed by atoms with Crippen LogP contribution in [0.4, 0.5) is 0 Å². The van der Waals surface area contributed by atoms with Gasteiger partial charge in [-0.05, 0) is 49.2 Å². The molecule has 1 heterocycles. The maximum Gasteiger partial charge on any atom is 0.251 e. The number of piperazine rings is 1. The number of primary amides is 1. The normalized spacial score (nSPS) is 25.6. The van der Waals surface area contributed by atoms with Crippen molar-refractivity contribution in [2.75, 3.05) is 45.9 Å². The average Bonchev–Trinajstić information content (AvgIpc) is 3.05. The number of carbonyl (C=O) groups is 2. The molecule has 47 heavy (non-hydrogen) atoms. The summed E-state index contributed by atoms with van der Waals surface area (Å²) >= 11 is 6.22. The number of halogens is 1. The molecule has 0 bridgehead atoms. The van der Waals surface area contributed by atoms with E-state index in [0.717, 1.165) is 57.7 Å². The lowest BCUT2D eigenvalue weighted by Crippen LogP contribution is -2.74. The van der Waals surface area contributed by atoms with Crippen LogP contribution in [0.15, 0.2) is 42.5 Å². The Kier molecular flexibility index (Phi) is 11.0. The molecule has 0 unspecified atom stereocenters. The van der Waals surface area contributed by atoms with Crippen molar-refractivity contribution in [3.63, 3.8) is 0 Å². The van der Waals surface area contributed by atoms with Crippen LogP contribution < -0.4 is 20.5 Å². The van der Waals surface area contributed by atoms with Crippen molar-refractivity contribution in [3.8, 4) is 17.6 Å². The number of nitrogens with one attached hydrogen (secondary N) is 1. The van der Waals surface area contributed by atoms with E-state index >= 15 is 0 Å². The topological polar surface area (TPSA) is 130 Å². The van der Waals surface area contributed by atoms with Crippen LogP contribution in [0.25, 0.3) is 0 Å². The van der Waals surface area contributed by atoms with E-state index in [9.17, 15) is 9.59 Å². The first-order valence-corrected chi connectivity index (χ1v) is 17.0. The minimum absolute atomic E-state index is 0.00473. The van der Waals surface area contributed by atoms with Gasteiger partial charge in [0.1, 0.15) is 36.9 Å². The highest BCUT2D eigenvalue weighted by atomic mass is 35.5. The number of ether oxygens (including phenoxy) is 3.